The van der Waals surface area contributed by atoms with Gasteiger partial charge in [-0.3, -0.25) is 4.79 Å². The highest BCUT2D eigenvalue weighted by Crippen LogP contribution is 2.37. The van der Waals surface area contributed by atoms with Gasteiger partial charge in [-0.15, -0.1) is 0 Å². The molecule has 0 saturated carbocycles. The van der Waals surface area contributed by atoms with Crippen LogP contribution >= 0.6 is 0 Å². The first-order valence-electron chi connectivity index (χ1n) is 4.56. The summed E-state index contributed by atoms with van der Waals surface area (Å²) in [7, 11) is 0. The summed E-state index contributed by atoms with van der Waals surface area (Å²) in [5.41, 5.74) is 0.874. The molecule has 1 aliphatic rings. The molecule has 7 heteroatoms. The lowest BCUT2D eigenvalue weighted by Crippen LogP contribution is -2.53. The fraction of sp³-hybridized carbons (Fsp3) is 0.667. The predicted octanol–water partition coefficient (Wildman–Crippen LogP) is 2.36. The van der Waals surface area contributed by atoms with E-state index in [4.69, 9.17) is 0 Å². The summed E-state index contributed by atoms with van der Waals surface area (Å²) >= 11 is 0. The van der Waals surface area contributed by atoms with Gasteiger partial charge in [0.2, 0.25) is 0 Å². The summed E-state index contributed by atoms with van der Waals surface area (Å²) in [6.07, 6.45) is -4.05. The minimum atomic E-state index is -5.83. The Morgan fingerprint density at radius 1 is 1.31 bits per heavy atom. The van der Waals surface area contributed by atoms with E-state index >= 15 is 0 Å². The first-order valence-corrected chi connectivity index (χ1v) is 4.56. The van der Waals surface area contributed by atoms with Crippen molar-refractivity contribution >= 4 is 5.91 Å². The number of nitrogens with zero attached hydrogens (tertiary/aromatic N) is 1. The molecule has 0 radical (unpaired) electrons. The van der Waals surface area contributed by atoms with Crippen LogP contribution in [0.4, 0.5) is 22.0 Å². The lowest BCUT2D eigenvalue weighted by atomic mass is 10.1. The summed E-state index contributed by atoms with van der Waals surface area (Å²) in [5, 5.41) is 0. The first-order chi connectivity index (χ1) is 7.16. The minimum absolute atomic E-state index is 0.104. The molecule has 0 fully saturated rings. The lowest BCUT2D eigenvalue weighted by molar-refractivity contribution is -0.274. The van der Waals surface area contributed by atoms with Crippen molar-refractivity contribution in [3.63, 3.8) is 0 Å². The zero-order valence-corrected chi connectivity index (χ0v) is 8.44. The Kier molecular flexibility index (Phi) is 3.25. The summed E-state index contributed by atoms with van der Waals surface area (Å²) < 4.78 is 61.0. The molecule has 0 aromatic heterocycles. The molecule has 0 aromatic rings. The van der Waals surface area contributed by atoms with E-state index in [1.165, 1.54) is 6.08 Å². The minimum Gasteiger partial charge on any atom is -0.333 e. The normalized spacial score (nSPS) is 18.4. The van der Waals surface area contributed by atoms with Gasteiger partial charge >= 0.3 is 18.0 Å². The second-order valence-corrected chi connectivity index (χ2v) is 3.62. The number of carbonyl (C=O) groups excluding carboxylic acids is 1. The van der Waals surface area contributed by atoms with Gasteiger partial charge in [-0.2, -0.15) is 22.0 Å². The number of rotatable bonds is 1. The molecule has 0 spiro atoms. The van der Waals surface area contributed by atoms with E-state index < -0.39 is 18.0 Å². The summed E-state index contributed by atoms with van der Waals surface area (Å²) in [5.74, 6) is -7.48. The highest BCUT2D eigenvalue weighted by Gasteiger charge is 2.64. The van der Waals surface area contributed by atoms with Crippen LogP contribution in [0.3, 0.4) is 0 Å². The van der Waals surface area contributed by atoms with Gasteiger partial charge < -0.3 is 4.90 Å². The molecule has 0 atom stereocenters. The van der Waals surface area contributed by atoms with E-state index in [0.717, 1.165) is 5.57 Å². The van der Waals surface area contributed by atoms with Gasteiger partial charge in [0.15, 0.2) is 0 Å². The molecule has 0 unspecified atom stereocenters. The molecule has 1 aliphatic heterocycles. The van der Waals surface area contributed by atoms with Crippen molar-refractivity contribution in [1.82, 2.24) is 4.90 Å². The quantitative estimate of drug-likeness (QED) is 0.511. The monoisotopic (exact) mass is 243 g/mol. The van der Waals surface area contributed by atoms with Crippen molar-refractivity contribution in [1.29, 1.82) is 0 Å². The average molecular weight is 243 g/mol. The van der Waals surface area contributed by atoms with Crippen LogP contribution < -0.4 is 0 Å². The third-order valence-corrected chi connectivity index (χ3v) is 2.35. The number of amides is 1. The maximum absolute atomic E-state index is 12.7. The Hall–Kier alpha value is -1.14. The topological polar surface area (TPSA) is 20.3 Å². The molecule has 2 nitrogen and oxygen atoms in total. The molecule has 0 bridgehead atoms. The van der Waals surface area contributed by atoms with Crippen molar-refractivity contribution in [2.45, 2.75) is 25.4 Å². The van der Waals surface area contributed by atoms with Crippen LogP contribution in [0.2, 0.25) is 0 Å². The predicted molar refractivity (Wildman–Crippen MR) is 46.0 cm³/mol. The average Bonchev–Trinajstić information content (AvgIpc) is 2.16. The maximum Gasteiger partial charge on any atom is 0.463 e. The first kappa shape index (κ1) is 12.9. The fourth-order valence-corrected chi connectivity index (χ4v) is 1.27. The number of hydrogen-bond acceptors (Lipinski definition) is 1. The molecule has 0 aromatic carbocycles. The molecule has 92 valence electrons. The lowest BCUT2D eigenvalue weighted by Gasteiger charge is -2.29. The SMILES string of the molecule is CC1=CCN(C(=O)C(F)(F)C(F)(F)F)CC1. The summed E-state index contributed by atoms with van der Waals surface area (Å²) in [4.78, 5) is 11.5. The van der Waals surface area contributed by atoms with Crippen LogP contribution in [0, 0.1) is 0 Å². The molecule has 0 aliphatic carbocycles. The fourth-order valence-electron chi connectivity index (χ4n) is 1.27. The van der Waals surface area contributed by atoms with E-state index in [0.29, 0.717) is 11.3 Å². The second kappa shape index (κ2) is 4.03. The van der Waals surface area contributed by atoms with E-state index in [1.54, 1.807) is 6.92 Å². The van der Waals surface area contributed by atoms with Crippen LogP contribution in [0.5, 0.6) is 0 Å². The van der Waals surface area contributed by atoms with Gasteiger partial charge in [0.05, 0.1) is 0 Å². The van der Waals surface area contributed by atoms with E-state index in [1.807, 2.05) is 0 Å². The standard InChI is InChI=1S/C9H10F5NO/c1-6-2-4-15(5-3-6)7(16)8(10,11)9(12,13)14/h2H,3-5H2,1H3. The van der Waals surface area contributed by atoms with E-state index in [-0.39, 0.29) is 13.1 Å². The van der Waals surface area contributed by atoms with Crippen LogP contribution in [-0.4, -0.2) is 36.0 Å². The molecule has 0 N–H and O–H groups in total. The molecule has 1 heterocycles. The summed E-state index contributed by atoms with van der Waals surface area (Å²) in [6, 6.07) is 0. The molecule has 16 heavy (non-hydrogen) atoms. The third kappa shape index (κ3) is 2.33. The van der Waals surface area contributed by atoms with Crippen LogP contribution in [0.25, 0.3) is 0 Å². The molecule has 1 rings (SSSR count). The van der Waals surface area contributed by atoms with Crippen molar-refractivity contribution in [2.24, 2.45) is 0 Å². The highest BCUT2D eigenvalue weighted by molar-refractivity contribution is 5.84. The van der Waals surface area contributed by atoms with Gasteiger partial charge in [-0.25, -0.2) is 0 Å². The largest absolute Gasteiger partial charge is 0.463 e. The van der Waals surface area contributed by atoms with E-state index in [2.05, 4.69) is 0 Å². The van der Waals surface area contributed by atoms with E-state index in [9.17, 15) is 26.7 Å². The van der Waals surface area contributed by atoms with Gasteiger partial charge in [0.1, 0.15) is 0 Å². The summed E-state index contributed by atoms with van der Waals surface area (Å²) in [6.45, 7) is 1.42. The second-order valence-electron chi connectivity index (χ2n) is 3.62. The molecular formula is C9H10F5NO. The van der Waals surface area contributed by atoms with Crippen molar-refractivity contribution in [3.05, 3.63) is 11.6 Å². The number of halogens is 5. The van der Waals surface area contributed by atoms with Crippen molar-refractivity contribution in [2.75, 3.05) is 13.1 Å². The Balaban J connectivity index is 2.80. The molecular weight excluding hydrogens is 233 g/mol. The smallest absolute Gasteiger partial charge is 0.333 e. The van der Waals surface area contributed by atoms with Gasteiger partial charge in [0.25, 0.3) is 0 Å². The highest BCUT2D eigenvalue weighted by atomic mass is 19.4. The van der Waals surface area contributed by atoms with Crippen LogP contribution in [-0.2, 0) is 4.79 Å². The maximum atomic E-state index is 12.7. The number of alkyl halides is 5. The molecule has 1 amide bonds. The van der Waals surface area contributed by atoms with Gasteiger partial charge in [-0.05, 0) is 13.3 Å². The van der Waals surface area contributed by atoms with Gasteiger partial charge in [-0.1, -0.05) is 11.6 Å². The zero-order valence-electron chi connectivity index (χ0n) is 8.44. The van der Waals surface area contributed by atoms with Crippen LogP contribution in [0.1, 0.15) is 13.3 Å². The Bertz CT molecular complexity index is 320. The van der Waals surface area contributed by atoms with Gasteiger partial charge in [0, 0.05) is 13.1 Å². The number of carbonyl (C=O) groups is 1. The Morgan fingerprint density at radius 2 is 1.88 bits per heavy atom. The Morgan fingerprint density at radius 3 is 2.25 bits per heavy atom. The van der Waals surface area contributed by atoms with Crippen LogP contribution in [0.15, 0.2) is 11.6 Å². The number of hydrogen-bond donors (Lipinski definition) is 0. The zero-order chi connectivity index (χ0) is 12.6. The third-order valence-electron chi connectivity index (χ3n) is 2.35. The molecule has 0 saturated heterocycles. The Labute approximate surface area is 88.7 Å². The van der Waals surface area contributed by atoms with Crippen molar-refractivity contribution < 1.29 is 26.7 Å². The van der Waals surface area contributed by atoms with Crippen molar-refractivity contribution in [3.8, 4) is 0 Å².